The zero-order valence-corrected chi connectivity index (χ0v) is 32.9. The standard InChI is InChI=1S/C16H25N5O5.C10H19NO.C8H10.C7H8/c1-10(2)6-12(15(25)17-4-5-22)20-14(24)8-18-13(23)7-11-9-21(3)16(26)19-11;1-7(2)6-8(11)9(12)10(3)4-5-10;1-2-8-6-4-3-5-7-8;1-7-5-3-2-4-6-7/h5,9-10,12H,4,6-8H2,1-3H3,(H,17,25)(H,18,23)(H,19,26)(H,20,24);7-8H,4-6,11H2,1-3H3;3-7H,2H2,1H3;2-6H,1H3/t12-;8-;;/m00../s1. The van der Waals surface area contributed by atoms with E-state index in [0.717, 1.165) is 25.7 Å². The van der Waals surface area contributed by atoms with Gasteiger partial charge in [0.25, 0.3) is 0 Å². The van der Waals surface area contributed by atoms with Crippen molar-refractivity contribution in [3.8, 4) is 0 Å². The van der Waals surface area contributed by atoms with E-state index in [9.17, 15) is 28.8 Å². The van der Waals surface area contributed by atoms with E-state index in [1.165, 1.54) is 21.9 Å². The third-order valence-corrected chi connectivity index (χ3v) is 8.30. The van der Waals surface area contributed by atoms with Gasteiger partial charge in [0.15, 0.2) is 5.78 Å². The Morgan fingerprint density at radius 3 is 1.89 bits per heavy atom. The molecule has 12 heteroatoms. The average molecular weight is 735 g/mol. The van der Waals surface area contributed by atoms with E-state index in [2.05, 4.69) is 85.0 Å². The molecule has 1 fully saturated rings. The molecule has 0 spiro atoms. The Morgan fingerprint density at radius 1 is 0.906 bits per heavy atom. The molecule has 0 unspecified atom stereocenters. The molecule has 0 radical (unpaired) electrons. The smallest absolute Gasteiger partial charge is 0.325 e. The van der Waals surface area contributed by atoms with Gasteiger partial charge < -0.3 is 36.0 Å². The van der Waals surface area contributed by atoms with Gasteiger partial charge in [-0.1, -0.05) is 108 Å². The maximum atomic E-state index is 12.0. The van der Waals surface area contributed by atoms with Crippen LogP contribution in [0.25, 0.3) is 0 Å². The molecule has 4 rings (SSSR count). The van der Waals surface area contributed by atoms with Gasteiger partial charge in [-0.15, -0.1) is 0 Å². The zero-order chi connectivity index (χ0) is 40.0. The Balaban J connectivity index is 0.000000420. The Labute approximate surface area is 315 Å². The molecule has 1 aromatic heterocycles. The average Bonchev–Trinajstić information content (AvgIpc) is 3.79. The molecular formula is C41H62N6O6. The number of H-pyrrole nitrogens is 1. The number of nitrogens with zero attached hydrogens (tertiary/aromatic N) is 1. The molecular weight excluding hydrogens is 672 g/mol. The molecule has 0 saturated heterocycles. The van der Waals surface area contributed by atoms with Crippen molar-refractivity contribution in [2.75, 3.05) is 13.1 Å². The van der Waals surface area contributed by atoms with Gasteiger partial charge in [0.05, 0.1) is 25.6 Å². The van der Waals surface area contributed by atoms with Crippen molar-refractivity contribution in [3.63, 3.8) is 0 Å². The third-order valence-electron chi connectivity index (χ3n) is 8.30. The van der Waals surface area contributed by atoms with Crippen molar-refractivity contribution in [3.05, 3.63) is 94.2 Å². The molecule has 2 aromatic carbocycles. The normalized spacial score (nSPS) is 13.3. The SMILES string of the molecule is CC(C)C[C@H](N)C(=O)C1(C)CC1.CC(C)C[C@H](NC(=O)CNC(=O)Cc1cn(C)c(=O)[nH]1)C(=O)NCC=O.CCc1ccccc1.Cc1ccccc1. The maximum absolute atomic E-state index is 12.0. The van der Waals surface area contributed by atoms with Crippen LogP contribution in [0.4, 0.5) is 0 Å². The molecule has 292 valence electrons. The molecule has 12 nitrogen and oxygen atoms in total. The Morgan fingerprint density at radius 2 is 1.47 bits per heavy atom. The summed E-state index contributed by atoms with van der Waals surface area (Å²) in [4.78, 5) is 71.6. The molecule has 3 amide bonds. The number of benzene rings is 2. The molecule has 53 heavy (non-hydrogen) atoms. The van der Waals surface area contributed by atoms with Crippen molar-refractivity contribution in [2.45, 2.75) is 99.1 Å². The highest BCUT2D eigenvalue weighted by Gasteiger charge is 2.46. The van der Waals surface area contributed by atoms with Crippen LogP contribution in [0.1, 0.15) is 84.0 Å². The van der Waals surface area contributed by atoms with Crippen LogP contribution in [-0.4, -0.2) is 64.5 Å². The van der Waals surface area contributed by atoms with Gasteiger partial charge in [0.2, 0.25) is 17.7 Å². The van der Waals surface area contributed by atoms with Crippen molar-refractivity contribution >= 4 is 29.8 Å². The number of aromatic nitrogens is 2. The number of carbonyl (C=O) groups is 5. The minimum atomic E-state index is -0.787. The first-order valence-corrected chi connectivity index (χ1v) is 18.4. The Hall–Kier alpha value is -4.84. The molecule has 2 atom stereocenters. The van der Waals surface area contributed by atoms with Crippen LogP contribution in [0.2, 0.25) is 0 Å². The summed E-state index contributed by atoms with van der Waals surface area (Å²) in [6, 6.07) is 19.7. The predicted octanol–water partition coefficient (Wildman–Crippen LogP) is 4.19. The van der Waals surface area contributed by atoms with Gasteiger partial charge in [-0.25, -0.2) is 4.79 Å². The summed E-state index contributed by atoms with van der Waals surface area (Å²) in [5.74, 6) is -0.471. The van der Waals surface area contributed by atoms with E-state index in [1.807, 2.05) is 45.0 Å². The van der Waals surface area contributed by atoms with E-state index in [4.69, 9.17) is 5.73 Å². The lowest BCUT2D eigenvalue weighted by atomic mass is 9.92. The van der Waals surface area contributed by atoms with Gasteiger partial charge >= 0.3 is 5.69 Å². The van der Waals surface area contributed by atoms with Gasteiger partial charge in [-0.3, -0.25) is 19.2 Å². The number of aldehydes is 1. The minimum Gasteiger partial charge on any atom is -0.348 e. The number of carbonyl (C=O) groups excluding carboxylic acids is 5. The number of hydrogen-bond acceptors (Lipinski definition) is 7. The first-order valence-electron chi connectivity index (χ1n) is 18.4. The summed E-state index contributed by atoms with van der Waals surface area (Å²) >= 11 is 0. The number of amides is 3. The number of rotatable bonds is 15. The minimum absolute atomic E-state index is 0.0473. The first-order chi connectivity index (χ1) is 25.0. The van der Waals surface area contributed by atoms with Crippen LogP contribution < -0.4 is 27.4 Å². The topological polar surface area (TPSA) is 185 Å². The summed E-state index contributed by atoms with van der Waals surface area (Å²) < 4.78 is 1.31. The van der Waals surface area contributed by atoms with Crippen LogP contribution in [0.5, 0.6) is 0 Å². The van der Waals surface area contributed by atoms with E-state index in [1.54, 1.807) is 7.05 Å². The summed E-state index contributed by atoms with van der Waals surface area (Å²) in [7, 11) is 1.55. The predicted molar refractivity (Wildman–Crippen MR) is 210 cm³/mol. The Bertz CT molecular complexity index is 1600. The Kier molecular flexibility index (Phi) is 21.3. The number of nitrogens with two attached hydrogens (primary N) is 1. The second-order valence-electron chi connectivity index (χ2n) is 14.5. The lowest BCUT2D eigenvalue weighted by molar-refractivity contribution is -0.130. The number of nitrogens with one attached hydrogen (secondary N) is 4. The van der Waals surface area contributed by atoms with Crippen LogP contribution in [0, 0.1) is 24.2 Å². The van der Waals surface area contributed by atoms with Gasteiger partial charge in [-0.05, 0) is 56.4 Å². The second-order valence-corrected chi connectivity index (χ2v) is 14.5. The number of aromatic amines is 1. The summed E-state index contributed by atoms with van der Waals surface area (Å²) in [6.07, 6.45) is 6.43. The fourth-order valence-corrected chi connectivity index (χ4v) is 5.01. The van der Waals surface area contributed by atoms with Gasteiger partial charge in [0.1, 0.15) is 12.3 Å². The highest BCUT2D eigenvalue weighted by atomic mass is 16.2. The molecule has 1 aliphatic carbocycles. The monoisotopic (exact) mass is 734 g/mol. The molecule has 1 aliphatic rings. The van der Waals surface area contributed by atoms with E-state index < -0.39 is 23.8 Å². The van der Waals surface area contributed by atoms with Crippen molar-refractivity contribution in [1.82, 2.24) is 25.5 Å². The van der Waals surface area contributed by atoms with Crippen LogP contribution >= 0.6 is 0 Å². The number of aryl methyl sites for hydroxylation is 3. The summed E-state index contributed by atoms with van der Waals surface area (Å²) in [5, 5.41) is 7.38. The highest BCUT2D eigenvalue weighted by Crippen LogP contribution is 2.46. The molecule has 1 heterocycles. The molecule has 1 saturated carbocycles. The van der Waals surface area contributed by atoms with Crippen LogP contribution in [-0.2, 0) is 43.9 Å². The largest absolute Gasteiger partial charge is 0.348 e. The van der Waals surface area contributed by atoms with Gasteiger partial charge in [0, 0.05) is 24.4 Å². The quantitative estimate of drug-likeness (QED) is 0.145. The first kappa shape index (κ1) is 46.2. The molecule has 0 aliphatic heterocycles. The number of ketones is 1. The lowest BCUT2D eigenvalue weighted by Gasteiger charge is -2.19. The van der Waals surface area contributed by atoms with E-state index in [0.29, 0.717) is 24.3 Å². The number of imidazole rings is 1. The highest BCUT2D eigenvalue weighted by molar-refractivity contribution is 5.91. The number of Topliss-reactive ketones (excluding diaryl/α,β-unsaturated/α-hetero) is 1. The molecule has 6 N–H and O–H groups in total. The fourth-order valence-electron chi connectivity index (χ4n) is 5.01. The zero-order valence-electron chi connectivity index (χ0n) is 32.9. The van der Waals surface area contributed by atoms with E-state index >= 15 is 0 Å². The van der Waals surface area contributed by atoms with Crippen molar-refractivity contribution < 1.29 is 24.0 Å². The van der Waals surface area contributed by atoms with Gasteiger partial charge in [-0.2, -0.15) is 0 Å². The fraction of sp³-hybridized carbons (Fsp3) is 0.512. The summed E-state index contributed by atoms with van der Waals surface area (Å²) in [6.45, 7) is 13.8. The molecule has 0 bridgehead atoms. The molecule has 3 aromatic rings. The van der Waals surface area contributed by atoms with Crippen molar-refractivity contribution in [1.29, 1.82) is 0 Å². The van der Waals surface area contributed by atoms with E-state index in [-0.39, 0.29) is 48.4 Å². The van der Waals surface area contributed by atoms with Crippen LogP contribution in [0.3, 0.4) is 0 Å². The lowest BCUT2D eigenvalue weighted by Crippen LogP contribution is -2.50. The van der Waals surface area contributed by atoms with Crippen molar-refractivity contribution in [2.24, 2.45) is 30.0 Å². The number of hydrogen-bond donors (Lipinski definition) is 5. The summed E-state index contributed by atoms with van der Waals surface area (Å²) in [5.41, 5.74) is 8.58. The third kappa shape index (κ3) is 20.1. The van der Waals surface area contributed by atoms with Crippen LogP contribution in [0.15, 0.2) is 71.7 Å². The maximum Gasteiger partial charge on any atom is 0.325 e. The second kappa shape index (κ2) is 24.4.